The van der Waals surface area contributed by atoms with Gasteiger partial charge in [0, 0.05) is 17.4 Å². The van der Waals surface area contributed by atoms with Crippen molar-refractivity contribution in [3.63, 3.8) is 0 Å². The molecule has 0 bridgehead atoms. The van der Waals surface area contributed by atoms with Crippen molar-refractivity contribution in [2.24, 2.45) is 0 Å². The lowest BCUT2D eigenvalue weighted by Gasteiger charge is -2.13. The molecule has 0 aliphatic heterocycles. The Morgan fingerprint density at radius 3 is 1.97 bits per heavy atom. The third-order valence-electron chi connectivity index (χ3n) is 3.92. The Bertz CT molecular complexity index is 1110. The fraction of sp³-hybridized carbons (Fsp3) is 0.0476. The number of rotatable bonds is 4. The van der Waals surface area contributed by atoms with Gasteiger partial charge in [-0.15, -0.1) is 0 Å². The van der Waals surface area contributed by atoms with Crippen LogP contribution in [-0.2, 0) is 6.18 Å². The number of nitrogens with two attached hydrogens (primary N) is 2. The molecule has 0 saturated carbocycles. The van der Waals surface area contributed by atoms with Crippen molar-refractivity contribution in [3.8, 4) is 11.5 Å². The molecular weight excluding hydrogens is 401 g/mol. The van der Waals surface area contributed by atoms with Crippen molar-refractivity contribution >= 4 is 23.3 Å². The number of hydrogen-bond acceptors (Lipinski definition) is 6. The summed E-state index contributed by atoms with van der Waals surface area (Å²) in [6.07, 6.45) is -4.79. The minimum atomic E-state index is -4.79. The van der Waals surface area contributed by atoms with Gasteiger partial charge in [0.2, 0.25) is 0 Å². The summed E-state index contributed by atoms with van der Waals surface area (Å²) in [5.41, 5.74) is 9.54. The van der Waals surface area contributed by atoms with E-state index in [0.717, 1.165) is 12.1 Å². The molecule has 0 radical (unpaired) electrons. The van der Waals surface area contributed by atoms with Gasteiger partial charge in [-0.25, -0.2) is 9.59 Å². The molecule has 9 heteroatoms. The van der Waals surface area contributed by atoms with Crippen molar-refractivity contribution in [1.29, 1.82) is 0 Å². The minimum Gasteiger partial charge on any atom is -0.423 e. The fourth-order valence-electron chi connectivity index (χ4n) is 2.57. The number of carbonyl (C=O) groups excluding carboxylic acids is 2. The predicted molar refractivity (Wildman–Crippen MR) is 103 cm³/mol. The van der Waals surface area contributed by atoms with Crippen LogP contribution in [0.1, 0.15) is 26.3 Å². The Balaban J connectivity index is 1.79. The van der Waals surface area contributed by atoms with Gasteiger partial charge in [0.25, 0.3) is 0 Å². The first-order valence-corrected chi connectivity index (χ1v) is 8.50. The quantitative estimate of drug-likeness (QED) is 0.373. The van der Waals surface area contributed by atoms with E-state index in [2.05, 4.69) is 0 Å². The Morgan fingerprint density at radius 1 is 0.733 bits per heavy atom. The first-order valence-electron chi connectivity index (χ1n) is 8.50. The minimum absolute atomic E-state index is 0.0288. The van der Waals surface area contributed by atoms with Crippen molar-refractivity contribution in [2.45, 2.75) is 6.18 Å². The van der Waals surface area contributed by atoms with Crippen molar-refractivity contribution in [1.82, 2.24) is 0 Å². The number of esters is 2. The molecule has 0 unspecified atom stereocenters. The number of alkyl halides is 3. The van der Waals surface area contributed by atoms with E-state index in [-0.39, 0.29) is 22.7 Å². The highest BCUT2D eigenvalue weighted by Crippen LogP contribution is 2.34. The third-order valence-corrected chi connectivity index (χ3v) is 3.92. The molecule has 0 amide bonds. The first-order chi connectivity index (χ1) is 14.1. The molecule has 4 N–H and O–H groups in total. The van der Waals surface area contributed by atoms with Gasteiger partial charge in [0.05, 0.1) is 16.7 Å². The summed E-state index contributed by atoms with van der Waals surface area (Å²) in [7, 11) is 0. The van der Waals surface area contributed by atoms with Gasteiger partial charge in [-0.2, -0.15) is 13.2 Å². The van der Waals surface area contributed by atoms with Crippen LogP contribution in [0.2, 0.25) is 0 Å². The zero-order valence-corrected chi connectivity index (χ0v) is 15.3. The number of nitrogen functional groups attached to an aromatic ring is 2. The van der Waals surface area contributed by atoms with Crippen molar-refractivity contribution < 1.29 is 32.2 Å². The standard InChI is InChI=1S/C21H15F3N2O4/c22-21(23,24)18-10-14(26)7-8-17(18)20(28)30-16-6-2-5-15(11-16)29-19(27)12-3-1-4-13(25)9-12/h1-11H,25-26H2. The van der Waals surface area contributed by atoms with Crippen LogP contribution >= 0.6 is 0 Å². The molecule has 30 heavy (non-hydrogen) atoms. The van der Waals surface area contributed by atoms with Crippen molar-refractivity contribution in [2.75, 3.05) is 11.5 Å². The maximum Gasteiger partial charge on any atom is 0.417 e. The second kappa shape index (κ2) is 8.16. The summed E-state index contributed by atoms with van der Waals surface area (Å²) < 4.78 is 49.8. The third kappa shape index (κ3) is 4.88. The van der Waals surface area contributed by atoms with E-state index in [0.29, 0.717) is 11.8 Å². The Labute approximate surface area is 168 Å². The second-order valence-corrected chi connectivity index (χ2v) is 6.18. The number of anilines is 2. The van der Waals surface area contributed by atoms with Crippen LogP contribution in [0.4, 0.5) is 24.5 Å². The van der Waals surface area contributed by atoms with E-state index in [4.69, 9.17) is 20.9 Å². The predicted octanol–water partition coefficient (Wildman–Crippen LogP) is 4.31. The number of ether oxygens (including phenoxy) is 2. The molecule has 0 spiro atoms. The summed E-state index contributed by atoms with van der Waals surface area (Å²) in [6, 6.07) is 14.2. The second-order valence-electron chi connectivity index (χ2n) is 6.18. The van der Waals surface area contributed by atoms with Gasteiger partial charge in [-0.1, -0.05) is 12.1 Å². The van der Waals surface area contributed by atoms with Gasteiger partial charge in [0.15, 0.2) is 0 Å². The molecule has 0 heterocycles. The highest BCUT2D eigenvalue weighted by Gasteiger charge is 2.36. The molecule has 0 aliphatic rings. The average Bonchev–Trinajstić information content (AvgIpc) is 2.67. The SMILES string of the molecule is Nc1cccc(C(=O)Oc2cccc(OC(=O)c3ccc(N)cc3C(F)(F)F)c2)c1. The average molecular weight is 416 g/mol. The molecule has 0 aromatic heterocycles. The van der Waals surface area contributed by atoms with E-state index < -0.39 is 29.2 Å². The first kappa shape index (κ1) is 20.7. The molecular formula is C21H15F3N2O4. The van der Waals surface area contributed by atoms with Crippen LogP contribution in [0.25, 0.3) is 0 Å². The molecule has 6 nitrogen and oxygen atoms in total. The van der Waals surface area contributed by atoms with Crippen LogP contribution in [0.3, 0.4) is 0 Å². The molecule has 0 aliphatic carbocycles. The molecule has 0 atom stereocenters. The molecule has 3 rings (SSSR count). The Morgan fingerprint density at radius 2 is 1.33 bits per heavy atom. The molecule has 3 aromatic rings. The molecule has 3 aromatic carbocycles. The van der Waals surface area contributed by atoms with Gasteiger partial charge in [-0.05, 0) is 48.5 Å². The Hall–Kier alpha value is -4.01. The van der Waals surface area contributed by atoms with E-state index >= 15 is 0 Å². The lowest BCUT2D eigenvalue weighted by Crippen LogP contribution is -2.17. The van der Waals surface area contributed by atoms with Crippen LogP contribution in [0.15, 0.2) is 66.7 Å². The maximum absolute atomic E-state index is 13.2. The zero-order valence-electron chi connectivity index (χ0n) is 15.3. The van der Waals surface area contributed by atoms with E-state index in [1.807, 2.05) is 0 Å². The van der Waals surface area contributed by atoms with Crippen LogP contribution in [0.5, 0.6) is 11.5 Å². The largest absolute Gasteiger partial charge is 0.423 e. The van der Waals surface area contributed by atoms with Crippen molar-refractivity contribution in [3.05, 3.63) is 83.4 Å². The molecule has 0 fully saturated rings. The highest BCUT2D eigenvalue weighted by atomic mass is 19.4. The van der Waals surface area contributed by atoms with Gasteiger partial charge < -0.3 is 20.9 Å². The summed E-state index contributed by atoms with van der Waals surface area (Å²) in [4.78, 5) is 24.5. The summed E-state index contributed by atoms with van der Waals surface area (Å²) >= 11 is 0. The number of hydrogen-bond donors (Lipinski definition) is 2. The van der Waals surface area contributed by atoms with Crippen LogP contribution < -0.4 is 20.9 Å². The number of halogens is 3. The Kier molecular flexibility index (Phi) is 5.63. The zero-order chi connectivity index (χ0) is 21.9. The van der Waals surface area contributed by atoms with Gasteiger partial charge in [-0.3, -0.25) is 0 Å². The van der Waals surface area contributed by atoms with E-state index in [1.54, 1.807) is 12.1 Å². The highest BCUT2D eigenvalue weighted by molar-refractivity contribution is 5.94. The van der Waals surface area contributed by atoms with Gasteiger partial charge >= 0.3 is 18.1 Å². The monoisotopic (exact) mass is 416 g/mol. The van der Waals surface area contributed by atoms with E-state index in [9.17, 15) is 22.8 Å². The summed E-state index contributed by atoms with van der Waals surface area (Å²) in [5.74, 6) is -2.02. The summed E-state index contributed by atoms with van der Waals surface area (Å²) in [6.45, 7) is 0. The smallest absolute Gasteiger partial charge is 0.417 e. The van der Waals surface area contributed by atoms with Crippen LogP contribution in [0, 0.1) is 0 Å². The number of benzene rings is 3. The summed E-state index contributed by atoms with van der Waals surface area (Å²) in [5, 5.41) is 0. The normalized spacial score (nSPS) is 11.0. The maximum atomic E-state index is 13.2. The number of carbonyl (C=O) groups is 2. The van der Waals surface area contributed by atoms with Crippen LogP contribution in [-0.4, -0.2) is 11.9 Å². The molecule has 0 saturated heterocycles. The lowest BCUT2D eigenvalue weighted by molar-refractivity contribution is -0.138. The topological polar surface area (TPSA) is 105 Å². The molecule has 154 valence electrons. The fourth-order valence-corrected chi connectivity index (χ4v) is 2.57. The lowest BCUT2D eigenvalue weighted by atomic mass is 10.1. The van der Waals surface area contributed by atoms with E-state index in [1.165, 1.54) is 36.4 Å². The van der Waals surface area contributed by atoms with Gasteiger partial charge in [0.1, 0.15) is 11.5 Å².